The summed E-state index contributed by atoms with van der Waals surface area (Å²) in [6.45, 7) is 4.02. The van der Waals surface area contributed by atoms with E-state index in [2.05, 4.69) is 0 Å². The zero-order chi connectivity index (χ0) is 10.0. The molecule has 0 saturated carbocycles. The number of carboxylic acids is 1. The van der Waals surface area contributed by atoms with Gasteiger partial charge in [0, 0.05) is 6.54 Å². The number of carbonyl (C=O) groups is 1. The second-order valence-electron chi connectivity index (χ2n) is 3.11. The first-order valence-corrected chi connectivity index (χ1v) is 4.09. The minimum absolute atomic E-state index is 0.386. The molecule has 0 aromatic heterocycles. The number of hydrogen-bond donors (Lipinski definition) is 2. The summed E-state index contributed by atoms with van der Waals surface area (Å²) >= 11 is 0. The summed E-state index contributed by atoms with van der Waals surface area (Å²) in [5.74, 6) is -0.876. The van der Waals surface area contributed by atoms with Crippen molar-refractivity contribution in [3.63, 3.8) is 0 Å². The quantitative estimate of drug-likeness (QED) is 0.722. The maximum Gasteiger partial charge on any atom is 0.336 e. The average Bonchev–Trinajstić information content (AvgIpc) is 2.02. The lowest BCUT2D eigenvalue weighted by atomic mass is 9.99. The van der Waals surface area contributed by atoms with Gasteiger partial charge in [0.25, 0.3) is 0 Å². The fourth-order valence-corrected chi connectivity index (χ4v) is 1.51. The summed E-state index contributed by atoms with van der Waals surface area (Å²) in [5, 5.41) is 8.88. The molecule has 0 bridgehead atoms. The fourth-order valence-electron chi connectivity index (χ4n) is 1.51. The number of rotatable bonds is 2. The van der Waals surface area contributed by atoms with Crippen LogP contribution in [-0.2, 0) is 6.54 Å². The molecule has 0 unspecified atom stereocenters. The van der Waals surface area contributed by atoms with Crippen LogP contribution in [-0.4, -0.2) is 11.1 Å². The zero-order valence-corrected chi connectivity index (χ0v) is 7.79. The van der Waals surface area contributed by atoms with Crippen LogP contribution in [0.2, 0.25) is 0 Å². The van der Waals surface area contributed by atoms with Gasteiger partial charge in [-0.15, -0.1) is 0 Å². The summed E-state index contributed by atoms with van der Waals surface area (Å²) in [6.07, 6.45) is 0. The molecule has 0 spiro atoms. The van der Waals surface area contributed by atoms with Gasteiger partial charge in [-0.05, 0) is 30.5 Å². The van der Waals surface area contributed by atoms with Gasteiger partial charge in [0.2, 0.25) is 0 Å². The van der Waals surface area contributed by atoms with Gasteiger partial charge in [-0.1, -0.05) is 12.1 Å². The Kier molecular flexibility index (Phi) is 2.68. The molecule has 0 amide bonds. The van der Waals surface area contributed by atoms with Gasteiger partial charge < -0.3 is 10.8 Å². The predicted octanol–water partition coefficient (Wildman–Crippen LogP) is 1.46. The van der Waals surface area contributed by atoms with E-state index in [1.54, 1.807) is 13.8 Å². The summed E-state index contributed by atoms with van der Waals surface area (Å²) in [5.41, 5.74) is 8.37. The fraction of sp³-hybridized carbons (Fsp3) is 0.300. The molecule has 0 aliphatic rings. The number of aromatic carboxylic acids is 1. The molecule has 3 heteroatoms. The predicted molar refractivity (Wildman–Crippen MR) is 50.8 cm³/mol. The van der Waals surface area contributed by atoms with Crippen molar-refractivity contribution in [2.24, 2.45) is 5.73 Å². The van der Waals surface area contributed by atoms with E-state index in [0.717, 1.165) is 16.7 Å². The van der Waals surface area contributed by atoms with E-state index in [1.165, 1.54) is 0 Å². The van der Waals surface area contributed by atoms with E-state index in [9.17, 15) is 4.79 Å². The summed E-state index contributed by atoms with van der Waals surface area (Å²) in [7, 11) is 0. The Bertz CT molecular complexity index is 322. The molecule has 0 aliphatic carbocycles. The van der Waals surface area contributed by atoms with Crippen molar-refractivity contribution >= 4 is 5.97 Å². The van der Waals surface area contributed by atoms with Crippen LogP contribution < -0.4 is 5.73 Å². The number of carboxylic acid groups (broad SMARTS) is 1. The Morgan fingerprint density at radius 3 is 2.15 bits per heavy atom. The summed E-state index contributed by atoms with van der Waals surface area (Å²) in [4.78, 5) is 10.8. The molecule has 1 aromatic carbocycles. The van der Waals surface area contributed by atoms with Gasteiger partial charge in [-0.3, -0.25) is 0 Å². The van der Waals surface area contributed by atoms with Crippen LogP contribution in [0, 0.1) is 13.8 Å². The van der Waals surface area contributed by atoms with Gasteiger partial charge in [0.1, 0.15) is 0 Å². The molecule has 0 atom stereocenters. The van der Waals surface area contributed by atoms with Crippen molar-refractivity contribution in [2.75, 3.05) is 0 Å². The third-order valence-corrected chi connectivity index (χ3v) is 2.04. The third-order valence-electron chi connectivity index (χ3n) is 2.04. The number of benzene rings is 1. The van der Waals surface area contributed by atoms with Gasteiger partial charge in [-0.2, -0.15) is 0 Å². The Morgan fingerprint density at radius 1 is 1.38 bits per heavy atom. The standard InChI is InChI=1S/C10H13NO2/c1-6-3-8(5-11)4-7(2)9(6)10(12)13/h3-4H,5,11H2,1-2H3,(H,12,13). The molecular formula is C10H13NO2. The highest BCUT2D eigenvalue weighted by molar-refractivity contribution is 5.91. The molecule has 1 rings (SSSR count). The van der Waals surface area contributed by atoms with Crippen LogP contribution in [0.15, 0.2) is 12.1 Å². The van der Waals surface area contributed by atoms with E-state index < -0.39 is 5.97 Å². The first kappa shape index (κ1) is 9.74. The Hall–Kier alpha value is -1.35. The lowest BCUT2D eigenvalue weighted by molar-refractivity contribution is 0.0695. The van der Waals surface area contributed by atoms with Crippen molar-refractivity contribution in [2.45, 2.75) is 20.4 Å². The van der Waals surface area contributed by atoms with Crippen LogP contribution >= 0.6 is 0 Å². The summed E-state index contributed by atoms with van der Waals surface area (Å²) in [6, 6.07) is 3.63. The second kappa shape index (κ2) is 3.58. The Labute approximate surface area is 77.2 Å². The first-order chi connectivity index (χ1) is 6.06. The molecule has 3 N–H and O–H groups in total. The monoisotopic (exact) mass is 179 g/mol. The molecular weight excluding hydrogens is 166 g/mol. The number of aryl methyl sites for hydroxylation is 2. The zero-order valence-electron chi connectivity index (χ0n) is 7.79. The van der Waals surface area contributed by atoms with E-state index in [0.29, 0.717) is 12.1 Å². The Balaban J connectivity index is 3.31. The molecule has 0 heterocycles. The van der Waals surface area contributed by atoms with E-state index in [4.69, 9.17) is 10.8 Å². The largest absolute Gasteiger partial charge is 0.478 e. The normalized spacial score (nSPS) is 10.1. The molecule has 0 saturated heterocycles. The molecule has 3 nitrogen and oxygen atoms in total. The number of hydrogen-bond acceptors (Lipinski definition) is 2. The van der Waals surface area contributed by atoms with Crippen molar-refractivity contribution in [1.29, 1.82) is 0 Å². The highest BCUT2D eigenvalue weighted by Crippen LogP contribution is 2.16. The van der Waals surface area contributed by atoms with Crippen LogP contribution in [0.3, 0.4) is 0 Å². The molecule has 0 radical (unpaired) electrons. The topological polar surface area (TPSA) is 63.3 Å². The molecule has 70 valence electrons. The van der Waals surface area contributed by atoms with E-state index in [1.807, 2.05) is 12.1 Å². The molecule has 0 aliphatic heterocycles. The van der Waals surface area contributed by atoms with Crippen molar-refractivity contribution in [1.82, 2.24) is 0 Å². The lowest BCUT2D eigenvalue weighted by Gasteiger charge is -2.07. The second-order valence-corrected chi connectivity index (χ2v) is 3.11. The van der Waals surface area contributed by atoms with Crippen LogP contribution in [0.25, 0.3) is 0 Å². The first-order valence-electron chi connectivity index (χ1n) is 4.09. The van der Waals surface area contributed by atoms with Crippen LogP contribution in [0.1, 0.15) is 27.0 Å². The average molecular weight is 179 g/mol. The van der Waals surface area contributed by atoms with Crippen molar-refractivity contribution in [3.05, 3.63) is 34.4 Å². The molecule has 0 fully saturated rings. The van der Waals surface area contributed by atoms with Gasteiger partial charge in [0.05, 0.1) is 5.56 Å². The maximum atomic E-state index is 10.8. The van der Waals surface area contributed by atoms with Gasteiger partial charge in [-0.25, -0.2) is 4.79 Å². The highest BCUT2D eigenvalue weighted by atomic mass is 16.4. The van der Waals surface area contributed by atoms with Gasteiger partial charge >= 0.3 is 5.97 Å². The maximum absolute atomic E-state index is 10.8. The molecule has 13 heavy (non-hydrogen) atoms. The number of nitrogens with two attached hydrogens (primary N) is 1. The summed E-state index contributed by atoms with van der Waals surface area (Å²) < 4.78 is 0. The van der Waals surface area contributed by atoms with Crippen molar-refractivity contribution < 1.29 is 9.90 Å². The smallest absolute Gasteiger partial charge is 0.336 e. The van der Waals surface area contributed by atoms with Gasteiger partial charge in [0.15, 0.2) is 0 Å². The van der Waals surface area contributed by atoms with Crippen LogP contribution in [0.5, 0.6) is 0 Å². The SMILES string of the molecule is Cc1cc(CN)cc(C)c1C(=O)O. The lowest BCUT2D eigenvalue weighted by Crippen LogP contribution is -2.06. The minimum atomic E-state index is -0.876. The highest BCUT2D eigenvalue weighted by Gasteiger charge is 2.10. The Morgan fingerprint density at radius 2 is 1.85 bits per heavy atom. The molecule has 1 aromatic rings. The van der Waals surface area contributed by atoms with E-state index in [-0.39, 0.29) is 0 Å². The van der Waals surface area contributed by atoms with E-state index >= 15 is 0 Å². The van der Waals surface area contributed by atoms with Crippen LogP contribution in [0.4, 0.5) is 0 Å². The van der Waals surface area contributed by atoms with Crippen molar-refractivity contribution in [3.8, 4) is 0 Å². The minimum Gasteiger partial charge on any atom is -0.478 e. The third kappa shape index (κ3) is 1.87.